The molecule has 14 heavy (non-hydrogen) atoms. The Balaban J connectivity index is 3.31. The number of benzene rings is 1. The van der Waals surface area contributed by atoms with Gasteiger partial charge in [0.25, 0.3) is 0 Å². The van der Waals surface area contributed by atoms with E-state index in [0.29, 0.717) is 6.66 Å². The Morgan fingerprint density at radius 1 is 1.29 bits per heavy atom. The molecule has 0 aromatic heterocycles. The molecule has 0 aliphatic rings. The minimum Gasteiger partial charge on any atom is -0.507 e. The van der Waals surface area contributed by atoms with E-state index >= 15 is 0 Å². The van der Waals surface area contributed by atoms with Crippen molar-refractivity contribution in [3.8, 4) is 5.75 Å². The summed E-state index contributed by atoms with van der Waals surface area (Å²) in [6.07, 6.45) is 0. The molecule has 0 radical (unpaired) electrons. The number of hydrogen-bond donors (Lipinski definition) is 1. The van der Waals surface area contributed by atoms with Crippen LogP contribution < -0.4 is 5.30 Å². The summed E-state index contributed by atoms with van der Waals surface area (Å²) in [4.78, 5) is 0. The molecule has 1 atom stereocenters. The molecule has 78 valence electrons. The van der Waals surface area contributed by atoms with E-state index in [2.05, 4.69) is 0 Å². The highest BCUT2D eigenvalue weighted by Crippen LogP contribution is 2.58. The van der Waals surface area contributed by atoms with Crippen LogP contribution in [0, 0.1) is 0 Å². The average molecular weight is 224 g/mol. The third-order valence-corrected chi connectivity index (χ3v) is 4.09. The fraction of sp³-hybridized carbons (Fsp3) is 0.250. The third-order valence-electron chi connectivity index (χ3n) is 1.83. The zero-order valence-corrected chi connectivity index (χ0v) is 8.14. The molecular formula is C8H8F3O2P. The van der Waals surface area contributed by atoms with Gasteiger partial charge in [-0.15, -0.1) is 0 Å². The van der Waals surface area contributed by atoms with Crippen LogP contribution in [0.2, 0.25) is 0 Å². The van der Waals surface area contributed by atoms with Gasteiger partial charge in [0.05, 0.1) is 5.30 Å². The van der Waals surface area contributed by atoms with Crippen molar-refractivity contribution in [3.63, 3.8) is 0 Å². The van der Waals surface area contributed by atoms with Gasteiger partial charge in [0.15, 0.2) is 0 Å². The standard InChI is InChI=1S/C8H8F3O2P/c1-14(13,8(9,10)11)7-5-3-2-4-6(7)12/h2-5,12H,1H3. The maximum absolute atomic E-state index is 12.3. The summed E-state index contributed by atoms with van der Waals surface area (Å²) in [5, 5.41) is 8.59. The van der Waals surface area contributed by atoms with Crippen LogP contribution in [0.3, 0.4) is 0 Å². The van der Waals surface area contributed by atoms with Crippen molar-refractivity contribution in [1.29, 1.82) is 0 Å². The van der Waals surface area contributed by atoms with E-state index in [4.69, 9.17) is 5.11 Å². The van der Waals surface area contributed by atoms with Gasteiger partial charge < -0.3 is 9.67 Å². The van der Waals surface area contributed by atoms with Gasteiger partial charge in [0, 0.05) is 6.66 Å². The van der Waals surface area contributed by atoms with Gasteiger partial charge in [-0.25, -0.2) is 0 Å². The molecule has 1 rings (SSSR count). The molecule has 0 amide bonds. The number of para-hydroxylation sites is 1. The van der Waals surface area contributed by atoms with Gasteiger partial charge >= 0.3 is 5.92 Å². The smallest absolute Gasteiger partial charge is 0.443 e. The Bertz CT molecular complexity index is 386. The number of alkyl halides is 3. The second-order valence-corrected chi connectivity index (χ2v) is 5.72. The maximum atomic E-state index is 12.3. The average Bonchev–Trinajstić information content (AvgIpc) is 2.02. The Morgan fingerprint density at radius 3 is 2.21 bits per heavy atom. The summed E-state index contributed by atoms with van der Waals surface area (Å²) in [5.74, 6) is -5.40. The summed E-state index contributed by atoms with van der Waals surface area (Å²) in [6.45, 7) is 0.599. The van der Waals surface area contributed by atoms with Crippen LogP contribution in [0.4, 0.5) is 13.2 Å². The highest BCUT2D eigenvalue weighted by molar-refractivity contribution is 7.72. The first-order valence-electron chi connectivity index (χ1n) is 3.69. The summed E-state index contributed by atoms with van der Waals surface area (Å²) in [5.41, 5.74) is 0. The SMILES string of the molecule is CP(=O)(c1ccccc1O)C(F)(F)F. The molecular weight excluding hydrogens is 216 g/mol. The second kappa shape index (κ2) is 3.31. The highest BCUT2D eigenvalue weighted by Gasteiger charge is 2.49. The van der Waals surface area contributed by atoms with Gasteiger partial charge in [0.2, 0.25) is 7.14 Å². The molecule has 0 aliphatic heterocycles. The van der Waals surface area contributed by atoms with Crippen molar-refractivity contribution in [3.05, 3.63) is 24.3 Å². The number of aromatic hydroxyl groups is 1. The van der Waals surface area contributed by atoms with E-state index in [1.807, 2.05) is 0 Å². The zero-order chi connectivity index (χ0) is 11.0. The van der Waals surface area contributed by atoms with Crippen molar-refractivity contribution in [1.82, 2.24) is 0 Å². The minimum absolute atomic E-state index is 0.549. The lowest BCUT2D eigenvalue weighted by Gasteiger charge is -2.17. The van der Waals surface area contributed by atoms with E-state index < -0.39 is 24.1 Å². The Labute approximate surface area is 78.7 Å². The Kier molecular flexibility index (Phi) is 2.63. The molecule has 0 bridgehead atoms. The molecule has 1 unspecified atom stereocenters. The monoisotopic (exact) mass is 224 g/mol. The Morgan fingerprint density at radius 2 is 1.79 bits per heavy atom. The van der Waals surface area contributed by atoms with Gasteiger partial charge in [-0.1, -0.05) is 12.1 Å². The number of halogens is 3. The van der Waals surface area contributed by atoms with Crippen molar-refractivity contribution in [2.45, 2.75) is 5.92 Å². The fourth-order valence-electron chi connectivity index (χ4n) is 0.962. The molecule has 0 spiro atoms. The van der Waals surface area contributed by atoms with Crippen LogP contribution in [0.1, 0.15) is 0 Å². The number of phenolic OH excluding ortho intramolecular Hbond substituents is 1. The number of rotatable bonds is 1. The molecule has 1 aromatic rings. The Hall–Kier alpha value is -0.960. The van der Waals surface area contributed by atoms with Crippen LogP contribution in [0.5, 0.6) is 5.75 Å². The van der Waals surface area contributed by atoms with Crippen LogP contribution in [-0.4, -0.2) is 17.7 Å². The van der Waals surface area contributed by atoms with Crippen molar-refractivity contribution >= 4 is 12.4 Å². The fourth-order valence-corrected chi connectivity index (χ4v) is 2.12. The van der Waals surface area contributed by atoms with E-state index in [-0.39, 0.29) is 0 Å². The van der Waals surface area contributed by atoms with Crippen LogP contribution in [0.25, 0.3) is 0 Å². The highest BCUT2D eigenvalue weighted by atomic mass is 31.2. The number of hydrogen-bond acceptors (Lipinski definition) is 2. The summed E-state index contributed by atoms with van der Waals surface area (Å²) >= 11 is 0. The lowest BCUT2D eigenvalue weighted by atomic mass is 10.3. The summed E-state index contributed by atoms with van der Waals surface area (Å²) in [6, 6.07) is 4.77. The predicted molar refractivity (Wildman–Crippen MR) is 47.3 cm³/mol. The van der Waals surface area contributed by atoms with Gasteiger partial charge in [-0.2, -0.15) is 13.2 Å². The van der Waals surface area contributed by atoms with Crippen LogP contribution >= 0.6 is 7.14 Å². The molecule has 2 nitrogen and oxygen atoms in total. The van der Waals surface area contributed by atoms with Gasteiger partial charge in [-0.3, -0.25) is 0 Å². The van der Waals surface area contributed by atoms with E-state index in [0.717, 1.165) is 12.1 Å². The normalized spacial score (nSPS) is 16.3. The zero-order valence-electron chi connectivity index (χ0n) is 7.25. The second-order valence-electron chi connectivity index (χ2n) is 2.88. The molecule has 1 N–H and O–H groups in total. The molecule has 6 heteroatoms. The largest absolute Gasteiger partial charge is 0.507 e. The quantitative estimate of drug-likeness (QED) is 0.744. The van der Waals surface area contributed by atoms with Crippen molar-refractivity contribution in [2.75, 3.05) is 6.66 Å². The van der Waals surface area contributed by atoms with Gasteiger partial charge in [-0.05, 0) is 12.1 Å². The number of phenols is 1. The minimum atomic E-state index is -4.81. The van der Waals surface area contributed by atoms with E-state index in [1.165, 1.54) is 12.1 Å². The van der Waals surface area contributed by atoms with Crippen molar-refractivity contribution in [2.24, 2.45) is 0 Å². The maximum Gasteiger partial charge on any atom is 0.443 e. The first-order chi connectivity index (χ1) is 6.27. The topological polar surface area (TPSA) is 37.3 Å². The summed E-state index contributed by atoms with van der Waals surface area (Å²) in [7, 11) is -4.52. The summed E-state index contributed by atoms with van der Waals surface area (Å²) < 4.78 is 48.3. The van der Waals surface area contributed by atoms with E-state index in [1.54, 1.807) is 0 Å². The van der Waals surface area contributed by atoms with Gasteiger partial charge in [0.1, 0.15) is 5.75 Å². The molecule has 1 aromatic carbocycles. The van der Waals surface area contributed by atoms with E-state index in [9.17, 15) is 17.7 Å². The molecule has 0 heterocycles. The molecule has 0 saturated carbocycles. The lowest BCUT2D eigenvalue weighted by Crippen LogP contribution is -2.18. The first-order valence-corrected chi connectivity index (χ1v) is 5.85. The third kappa shape index (κ3) is 1.77. The van der Waals surface area contributed by atoms with Crippen molar-refractivity contribution < 1.29 is 22.8 Å². The predicted octanol–water partition coefficient (Wildman–Crippen LogP) is 2.53. The van der Waals surface area contributed by atoms with Crippen LogP contribution in [-0.2, 0) is 4.57 Å². The van der Waals surface area contributed by atoms with Crippen LogP contribution in [0.15, 0.2) is 24.3 Å². The lowest BCUT2D eigenvalue weighted by molar-refractivity contribution is -0.0445. The first kappa shape index (κ1) is 11.1. The molecule has 0 aliphatic carbocycles. The molecule has 0 fully saturated rings. The molecule has 0 saturated heterocycles.